The third kappa shape index (κ3) is 1.96. The molecule has 4 nitrogen and oxygen atoms in total. The van der Waals surface area contributed by atoms with E-state index in [-0.39, 0.29) is 11.9 Å². The van der Waals surface area contributed by atoms with Crippen molar-refractivity contribution >= 4 is 23.3 Å². The quantitative estimate of drug-likeness (QED) is 0.779. The second kappa shape index (κ2) is 3.79. The Morgan fingerprint density at radius 2 is 2.40 bits per heavy atom. The summed E-state index contributed by atoms with van der Waals surface area (Å²) in [5, 5.41) is 0.576. The molecule has 1 fully saturated rings. The lowest BCUT2D eigenvalue weighted by atomic mass is 10.3. The van der Waals surface area contributed by atoms with Crippen LogP contribution in [0.2, 0.25) is 5.02 Å². The van der Waals surface area contributed by atoms with Gasteiger partial charge in [0.15, 0.2) is 0 Å². The molecule has 80 valence electrons. The van der Waals surface area contributed by atoms with Crippen molar-refractivity contribution in [3.63, 3.8) is 0 Å². The number of carbonyl (C=O) groups is 1. The molecule has 2 N–H and O–H groups in total. The Morgan fingerprint density at radius 1 is 1.67 bits per heavy atom. The maximum absolute atomic E-state index is 11.6. The summed E-state index contributed by atoms with van der Waals surface area (Å²) >= 11 is 5.80. The Balaban J connectivity index is 2.34. The van der Waals surface area contributed by atoms with Gasteiger partial charge in [0, 0.05) is 25.2 Å². The average molecular weight is 226 g/mol. The van der Waals surface area contributed by atoms with Gasteiger partial charge < -0.3 is 5.73 Å². The highest BCUT2D eigenvalue weighted by Gasteiger charge is 2.29. The van der Waals surface area contributed by atoms with Crippen LogP contribution in [0, 0.1) is 6.92 Å². The van der Waals surface area contributed by atoms with E-state index >= 15 is 0 Å². The predicted molar refractivity (Wildman–Crippen MR) is 58.9 cm³/mol. The van der Waals surface area contributed by atoms with Crippen LogP contribution in [0.5, 0.6) is 0 Å². The van der Waals surface area contributed by atoms with Crippen molar-refractivity contribution < 1.29 is 4.79 Å². The molecule has 2 rings (SSSR count). The Morgan fingerprint density at radius 3 is 2.93 bits per heavy atom. The van der Waals surface area contributed by atoms with Crippen molar-refractivity contribution in [1.29, 1.82) is 0 Å². The monoisotopic (exact) mass is 225 g/mol. The molecule has 5 heteroatoms. The Labute approximate surface area is 93.0 Å². The number of nitrogens with zero attached hydrogens (tertiary/aromatic N) is 2. The van der Waals surface area contributed by atoms with Crippen LogP contribution in [-0.4, -0.2) is 23.5 Å². The Bertz CT molecular complexity index is 408. The lowest BCUT2D eigenvalue weighted by molar-refractivity contribution is -0.117. The topological polar surface area (TPSA) is 59.2 Å². The van der Waals surface area contributed by atoms with Crippen LogP contribution < -0.4 is 10.6 Å². The molecule has 1 aromatic rings. The lowest BCUT2D eigenvalue weighted by Gasteiger charge is -2.17. The minimum absolute atomic E-state index is 0.0282. The van der Waals surface area contributed by atoms with E-state index in [1.165, 1.54) is 0 Å². The van der Waals surface area contributed by atoms with Crippen LogP contribution in [-0.2, 0) is 4.79 Å². The largest absolute Gasteiger partial charge is 0.326 e. The fourth-order valence-electron chi connectivity index (χ4n) is 1.76. The second-order valence-electron chi connectivity index (χ2n) is 3.76. The summed E-state index contributed by atoms with van der Waals surface area (Å²) in [5.41, 5.74) is 6.61. The highest BCUT2D eigenvalue weighted by molar-refractivity contribution is 6.30. The van der Waals surface area contributed by atoms with Crippen molar-refractivity contribution in [2.45, 2.75) is 19.4 Å². The van der Waals surface area contributed by atoms with E-state index in [0.717, 1.165) is 5.56 Å². The maximum atomic E-state index is 11.6. The summed E-state index contributed by atoms with van der Waals surface area (Å²) in [5.74, 6) is 0.692. The van der Waals surface area contributed by atoms with Gasteiger partial charge in [0.05, 0.1) is 5.02 Å². The zero-order chi connectivity index (χ0) is 11.0. The highest BCUT2D eigenvalue weighted by atomic mass is 35.5. The molecular formula is C10H12ClN3O. The summed E-state index contributed by atoms with van der Waals surface area (Å²) in [6.07, 6.45) is 1.94. The summed E-state index contributed by atoms with van der Waals surface area (Å²) in [4.78, 5) is 17.4. The maximum Gasteiger partial charge on any atom is 0.229 e. The van der Waals surface area contributed by atoms with Gasteiger partial charge in [-0.3, -0.25) is 9.69 Å². The average Bonchev–Trinajstić information content (AvgIpc) is 2.45. The second-order valence-corrected chi connectivity index (χ2v) is 4.20. The zero-order valence-electron chi connectivity index (χ0n) is 8.40. The number of nitrogens with two attached hydrogens (primary N) is 1. The van der Waals surface area contributed by atoms with Crippen molar-refractivity contribution in [2.24, 2.45) is 5.73 Å². The molecular weight excluding hydrogens is 214 g/mol. The molecule has 1 aromatic heterocycles. The zero-order valence-corrected chi connectivity index (χ0v) is 9.16. The molecule has 0 saturated carbocycles. The van der Waals surface area contributed by atoms with Crippen molar-refractivity contribution in [2.75, 3.05) is 11.4 Å². The van der Waals surface area contributed by atoms with E-state index in [0.29, 0.717) is 23.8 Å². The summed E-state index contributed by atoms with van der Waals surface area (Å²) in [6.45, 7) is 2.42. The third-order valence-corrected chi connectivity index (χ3v) is 2.63. The molecule has 0 aliphatic carbocycles. The number of halogens is 1. The number of carbonyl (C=O) groups excluding carboxylic acids is 1. The molecule has 1 saturated heterocycles. The molecule has 15 heavy (non-hydrogen) atoms. The molecule has 1 amide bonds. The minimum Gasteiger partial charge on any atom is -0.326 e. The minimum atomic E-state index is -0.0885. The predicted octanol–water partition coefficient (Wildman–Crippen LogP) is 1.11. The van der Waals surface area contributed by atoms with Crippen LogP contribution in [0.4, 0.5) is 5.82 Å². The Hall–Kier alpha value is -1.13. The van der Waals surface area contributed by atoms with E-state index in [1.54, 1.807) is 17.2 Å². The molecule has 1 aliphatic rings. The molecule has 1 atom stereocenters. The molecule has 0 radical (unpaired) electrons. The molecule has 1 unspecified atom stereocenters. The van der Waals surface area contributed by atoms with E-state index in [9.17, 15) is 4.79 Å². The van der Waals surface area contributed by atoms with Gasteiger partial charge in [-0.2, -0.15) is 0 Å². The van der Waals surface area contributed by atoms with Gasteiger partial charge in [0.2, 0.25) is 5.91 Å². The lowest BCUT2D eigenvalue weighted by Crippen LogP contribution is -2.29. The number of hydrogen-bond donors (Lipinski definition) is 1. The van der Waals surface area contributed by atoms with Crippen LogP contribution in [0.1, 0.15) is 12.0 Å². The standard InChI is InChI=1S/C10H12ClN3O/c1-6-2-7(11)4-13-10(6)14-5-8(12)3-9(14)15/h2,4,8H,3,5,12H2,1H3. The smallest absolute Gasteiger partial charge is 0.229 e. The van der Waals surface area contributed by atoms with Crippen LogP contribution in [0.25, 0.3) is 0 Å². The molecule has 1 aliphatic heterocycles. The van der Waals surface area contributed by atoms with Crippen molar-refractivity contribution in [1.82, 2.24) is 4.98 Å². The number of rotatable bonds is 1. The first-order valence-electron chi connectivity index (χ1n) is 4.76. The summed E-state index contributed by atoms with van der Waals surface area (Å²) < 4.78 is 0. The summed E-state index contributed by atoms with van der Waals surface area (Å²) in [6, 6.07) is 1.70. The molecule has 0 spiro atoms. The van der Waals surface area contributed by atoms with Gasteiger partial charge in [-0.25, -0.2) is 4.98 Å². The first-order chi connectivity index (χ1) is 7.08. The number of aromatic nitrogens is 1. The van der Waals surface area contributed by atoms with E-state index < -0.39 is 0 Å². The first kappa shape index (κ1) is 10.4. The van der Waals surface area contributed by atoms with Crippen molar-refractivity contribution in [3.05, 3.63) is 22.8 Å². The number of hydrogen-bond acceptors (Lipinski definition) is 3. The van der Waals surface area contributed by atoms with Gasteiger partial charge in [-0.05, 0) is 18.6 Å². The SMILES string of the molecule is Cc1cc(Cl)cnc1N1CC(N)CC1=O. The highest BCUT2D eigenvalue weighted by Crippen LogP contribution is 2.24. The molecule has 0 aromatic carbocycles. The molecule has 2 heterocycles. The third-order valence-electron chi connectivity index (χ3n) is 2.43. The summed E-state index contributed by atoms with van der Waals surface area (Å²) in [7, 11) is 0. The Kier molecular flexibility index (Phi) is 2.63. The first-order valence-corrected chi connectivity index (χ1v) is 5.14. The fourth-order valence-corrected chi connectivity index (χ4v) is 1.97. The van der Waals surface area contributed by atoms with E-state index in [2.05, 4.69) is 4.98 Å². The van der Waals surface area contributed by atoms with E-state index in [1.807, 2.05) is 6.92 Å². The van der Waals surface area contributed by atoms with Crippen molar-refractivity contribution in [3.8, 4) is 0 Å². The van der Waals surface area contributed by atoms with E-state index in [4.69, 9.17) is 17.3 Å². The van der Waals surface area contributed by atoms with Gasteiger partial charge >= 0.3 is 0 Å². The van der Waals surface area contributed by atoms with Gasteiger partial charge in [0.1, 0.15) is 5.82 Å². The molecule has 0 bridgehead atoms. The number of aryl methyl sites for hydroxylation is 1. The number of amides is 1. The number of anilines is 1. The van der Waals surface area contributed by atoms with Gasteiger partial charge in [-0.15, -0.1) is 0 Å². The fraction of sp³-hybridized carbons (Fsp3) is 0.400. The van der Waals surface area contributed by atoms with Crippen LogP contribution in [0.3, 0.4) is 0 Å². The normalized spacial score (nSPS) is 21.1. The number of pyridine rings is 1. The van der Waals surface area contributed by atoms with Gasteiger partial charge in [0.25, 0.3) is 0 Å². The van der Waals surface area contributed by atoms with Crippen LogP contribution in [0.15, 0.2) is 12.3 Å². The van der Waals surface area contributed by atoms with Crippen LogP contribution >= 0.6 is 11.6 Å². The van der Waals surface area contributed by atoms with Gasteiger partial charge in [-0.1, -0.05) is 11.6 Å².